The summed E-state index contributed by atoms with van der Waals surface area (Å²) in [6, 6.07) is 10.8. The largest absolute Gasteiger partial charge is 0.380 e. The lowest BCUT2D eigenvalue weighted by Gasteiger charge is -2.18. The average Bonchev–Trinajstić information content (AvgIpc) is 2.60. The SMILES string of the molecule is CCCC(=O)Nc1cccc(CNc2ccc(S(=O)(=O)C(C)(C)C)nc2)c1. The molecule has 0 aliphatic carbocycles. The van der Waals surface area contributed by atoms with Gasteiger partial charge in [0.1, 0.15) is 0 Å². The number of benzene rings is 1. The van der Waals surface area contributed by atoms with Crippen LogP contribution in [0.3, 0.4) is 0 Å². The number of nitrogens with one attached hydrogen (secondary N) is 2. The van der Waals surface area contributed by atoms with Crippen LogP contribution >= 0.6 is 0 Å². The Morgan fingerprint density at radius 1 is 1.11 bits per heavy atom. The van der Waals surface area contributed by atoms with E-state index < -0.39 is 14.6 Å². The molecule has 0 saturated carbocycles. The topological polar surface area (TPSA) is 88.2 Å². The summed E-state index contributed by atoms with van der Waals surface area (Å²) in [6.45, 7) is 7.46. The van der Waals surface area contributed by atoms with Gasteiger partial charge >= 0.3 is 0 Å². The van der Waals surface area contributed by atoms with Crippen LogP contribution in [0.4, 0.5) is 11.4 Å². The normalized spacial score (nSPS) is 11.9. The first-order valence-electron chi connectivity index (χ1n) is 8.97. The quantitative estimate of drug-likeness (QED) is 0.747. The lowest BCUT2D eigenvalue weighted by atomic mass is 10.2. The molecule has 1 amide bonds. The van der Waals surface area contributed by atoms with E-state index in [-0.39, 0.29) is 10.9 Å². The van der Waals surface area contributed by atoms with E-state index >= 15 is 0 Å². The maximum Gasteiger partial charge on any atom is 0.224 e. The highest BCUT2D eigenvalue weighted by atomic mass is 32.2. The van der Waals surface area contributed by atoms with Crippen LogP contribution in [0.5, 0.6) is 0 Å². The Morgan fingerprint density at radius 3 is 2.44 bits per heavy atom. The van der Waals surface area contributed by atoms with Gasteiger partial charge in [0.15, 0.2) is 14.9 Å². The fraction of sp³-hybridized carbons (Fsp3) is 0.400. The molecule has 7 heteroatoms. The van der Waals surface area contributed by atoms with Crippen molar-refractivity contribution in [2.45, 2.75) is 56.9 Å². The summed E-state index contributed by atoms with van der Waals surface area (Å²) in [5.41, 5.74) is 2.48. The molecule has 0 bridgehead atoms. The molecule has 0 atom stereocenters. The summed E-state index contributed by atoms with van der Waals surface area (Å²) in [5, 5.41) is 6.16. The predicted molar refractivity (Wildman–Crippen MR) is 108 cm³/mol. The average molecular weight is 390 g/mol. The van der Waals surface area contributed by atoms with Gasteiger partial charge < -0.3 is 10.6 Å². The number of hydrogen-bond acceptors (Lipinski definition) is 5. The summed E-state index contributed by atoms with van der Waals surface area (Å²) in [4.78, 5) is 15.8. The molecule has 0 radical (unpaired) electrons. The number of aromatic nitrogens is 1. The zero-order valence-corrected chi connectivity index (χ0v) is 17.1. The van der Waals surface area contributed by atoms with E-state index in [9.17, 15) is 13.2 Å². The van der Waals surface area contributed by atoms with Crippen LogP contribution in [0.25, 0.3) is 0 Å². The van der Waals surface area contributed by atoms with Gasteiger partial charge in [-0.1, -0.05) is 19.1 Å². The molecular formula is C20H27N3O3S. The van der Waals surface area contributed by atoms with E-state index in [1.807, 2.05) is 31.2 Å². The van der Waals surface area contributed by atoms with Crippen molar-refractivity contribution in [3.05, 3.63) is 48.2 Å². The second kappa shape index (κ2) is 8.52. The number of hydrogen-bond donors (Lipinski definition) is 2. The number of carbonyl (C=O) groups excluding carboxylic acids is 1. The van der Waals surface area contributed by atoms with Gasteiger partial charge in [0.05, 0.1) is 16.6 Å². The van der Waals surface area contributed by atoms with Crippen molar-refractivity contribution in [3.63, 3.8) is 0 Å². The lowest BCUT2D eigenvalue weighted by molar-refractivity contribution is -0.116. The van der Waals surface area contributed by atoms with Gasteiger partial charge in [-0.05, 0) is 57.0 Å². The first-order valence-corrected chi connectivity index (χ1v) is 10.4. The summed E-state index contributed by atoms with van der Waals surface area (Å²) in [7, 11) is -3.46. The van der Waals surface area contributed by atoms with Crippen LogP contribution < -0.4 is 10.6 Å². The molecule has 146 valence electrons. The summed E-state index contributed by atoms with van der Waals surface area (Å²) >= 11 is 0. The van der Waals surface area contributed by atoms with Crippen LogP contribution in [-0.2, 0) is 21.2 Å². The third-order valence-corrected chi connectivity index (χ3v) is 6.41. The molecule has 2 rings (SSSR count). The van der Waals surface area contributed by atoms with Crippen molar-refractivity contribution in [3.8, 4) is 0 Å². The minimum absolute atomic E-state index is 0.00227. The fourth-order valence-electron chi connectivity index (χ4n) is 2.37. The van der Waals surface area contributed by atoms with Crippen LogP contribution in [0.15, 0.2) is 47.6 Å². The van der Waals surface area contributed by atoms with E-state index in [4.69, 9.17) is 0 Å². The summed E-state index contributed by atoms with van der Waals surface area (Å²) in [5.74, 6) is 0.00227. The Kier molecular flexibility index (Phi) is 6.59. The number of anilines is 2. The molecule has 0 fully saturated rings. The van der Waals surface area contributed by atoms with Crippen molar-refractivity contribution in [2.24, 2.45) is 0 Å². The fourth-order valence-corrected chi connectivity index (χ4v) is 3.44. The molecule has 0 saturated heterocycles. The summed E-state index contributed by atoms with van der Waals surface area (Å²) < 4.78 is 23.9. The number of rotatable bonds is 7. The molecule has 2 N–H and O–H groups in total. The standard InChI is InChI=1S/C20H27N3O3S/c1-5-7-18(24)23-16-9-6-8-15(12-16)13-21-17-10-11-19(22-14-17)27(25,26)20(2,3)4/h6,8-12,14,21H,5,7,13H2,1-4H3,(H,23,24). The van der Waals surface area contributed by atoms with Crippen LogP contribution in [0.2, 0.25) is 0 Å². The minimum atomic E-state index is -3.46. The molecule has 0 spiro atoms. The van der Waals surface area contributed by atoms with Gasteiger partial charge in [-0.2, -0.15) is 0 Å². The van der Waals surface area contributed by atoms with E-state index in [2.05, 4.69) is 15.6 Å². The van der Waals surface area contributed by atoms with Crippen molar-refractivity contribution in [1.29, 1.82) is 0 Å². The number of nitrogens with zero attached hydrogens (tertiary/aromatic N) is 1. The van der Waals surface area contributed by atoms with Crippen LogP contribution in [-0.4, -0.2) is 24.1 Å². The van der Waals surface area contributed by atoms with Gasteiger partial charge in [0, 0.05) is 18.7 Å². The highest BCUT2D eigenvalue weighted by molar-refractivity contribution is 7.92. The second-order valence-electron chi connectivity index (χ2n) is 7.35. The van der Waals surface area contributed by atoms with Gasteiger partial charge in [0.25, 0.3) is 0 Å². The molecule has 27 heavy (non-hydrogen) atoms. The first-order chi connectivity index (χ1) is 12.6. The molecular weight excluding hydrogens is 362 g/mol. The molecule has 2 aromatic rings. The van der Waals surface area contributed by atoms with Gasteiger partial charge in [0.2, 0.25) is 5.91 Å². The molecule has 1 heterocycles. The molecule has 0 aliphatic heterocycles. The van der Waals surface area contributed by atoms with Crippen molar-refractivity contribution >= 4 is 27.1 Å². The number of pyridine rings is 1. The number of carbonyl (C=O) groups is 1. The van der Waals surface area contributed by atoms with E-state index in [0.29, 0.717) is 13.0 Å². The Balaban J connectivity index is 2.02. The Bertz CT molecular complexity index is 885. The lowest BCUT2D eigenvalue weighted by Crippen LogP contribution is -2.28. The Hall–Kier alpha value is -2.41. The molecule has 6 nitrogen and oxygen atoms in total. The monoisotopic (exact) mass is 389 g/mol. The number of sulfone groups is 1. The zero-order chi connectivity index (χ0) is 20.1. The van der Waals surface area contributed by atoms with Crippen molar-refractivity contribution in [1.82, 2.24) is 4.98 Å². The second-order valence-corrected chi connectivity index (χ2v) is 10.0. The first kappa shape index (κ1) is 20.9. The van der Waals surface area contributed by atoms with Crippen molar-refractivity contribution < 1.29 is 13.2 Å². The van der Waals surface area contributed by atoms with Gasteiger partial charge in [-0.3, -0.25) is 4.79 Å². The van der Waals surface area contributed by atoms with Crippen LogP contribution in [0, 0.1) is 0 Å². The third kappa shape index (κ3) is 5.53. The Labute approximate surface area is 161 Å². The smallest absolute Gasteiger partial charge is 0.224 e. The zero-order valence-electron chi connectivity index (χ0n) is 16.2. The van der Waals surface area contributed by atoms with Gasteiger partial charge in [-0.15, -0.1) is 0 Å². The minimum Gasteiger partial charge on any atom is -0.380 e. The molecule has 1 aromatic carbocycles. The highest BCUT2D eigenvalue weighted by Crippen LogP contribution is 2.24. The van der Waals surface area contributed by atoms with E-state index in [1.54, 1.807) is 26.8 Å². The predicted octanol–water partition coefficient (Wildman–Crippen LogP) is 4.00. The molecule has 0 unspecified atom stereocenters. The van der Waals surface area contributed by atoms with Gasteiger partial charge in [-0.25, -0.2) is 13.4 Å². The molecule has 1 aromatic heterocycles. The van der Waals surface area contributed by atoms with E-state index in [0.717, 1.165) is 23.4 Å². The Morgan fingerprint density at radius 2 is 1.85 bits per heavy atom. The maximum absolute atomic E-state index is 12.4. The maximum atomic E-state index is 12.4. The van der Waals surface area contributed by atoms with E-state index in [1.165, 1.54) is 12.3 Å². The molecule has 0 aliphatic rings. The highest BCUT2D eigenvalue weighted by Gasteiger charge is 2.31. The summed E-state index contributed by atoms with van der Waals surface area (Å²) in [6.07, 6.45) is 2.82. The van der Waals surface area contributed by atoms with Crippen LogP contribution in [0.1, 0.15) is 46.1 Å². The van der Waals surface area contributed by atoms with Crippen molar-refractivity contribution in [2.75, 3.05) is 10.6 Å². The number of amides is 1. The third-order valence-electron chi connectivity index (χ3n) is 4.00.